The molecule has 1 aliphatic heterocycles. The van der Waals surface area contributed by atoms with E-state index in [-0.39, 0.29) is 6.10 Å². The van der Waals surface area contributed by atoms with Crippen LogP contribution >= 0.6 is 0 Å². The van der Waals surface area contributed by atoms with Crippen molar-refractivity contribution in [3.63, 3.8) is 0 Å². The summed E-state index contributed by atoms with van der Waals surface area (Å²) in [6, 6.07) is 8.48. The molecule has 1 fully saturated rings. The van der Waals surface area contributed by atoms with Crippen LogP contribution in [0.5, 0.6) is 5.88 Å². The van der Waals surface area contributed by atoms with E-state index in [1.807, 2.05) is 0 Å². The number of hydrogen-bond acceptors (Lipinski definition) is 5. The van der Waals surface area contributed by atoms with Crippen molar-refractivity contribution in [3.8, 4) is 5.88 Å². The average Bonchev–Trinajstić information content (AvgIpc) is 2.57. The van der Waals surface area contributed by atoms with E-state index in [0.717, 1.165) is 12.8 Å². The van der Waals surface area contributed by atoms with Crippen LogP contribution in [0.1, 0.15) is 12.8 Å². The number of rotatable bonds is 4. The van der Waals surface area contributed by atoms with Crippen LogP contribution in [-0.2, 0) is 10.0 Å². The van der Waals surface area contributed by atoms with Crippen molar-refractivity contribution in [1.82, 2.24) is 14.3 Å². The molecule has 1 aromatic heterocycles. The molecule has 1 unspecified atom stereocenters. The Morgan fingerprint density at radius 2 is 2.00 bits per heavy atom. The molecule has 1 saturated heterocycles. The summed E-state index contributed by atoms with van der Waals surface area (Å²) in [5, 5.41) is 0. The van der Waals surface area contributed by atoms with E-state index in [9.17, 15) is 8.42 Å². The predicted octanol–water partition coefficient (Wildman–Crippen LogP) is 1.71. The van der Waals surface area contributed by atoms with Crippen LogP contribution in [0.4, 0.5) is 0 Å². The van der Waals surface area contributed by atoms with Gasteiger partial charge in [-0.2, -0.15) is 4.31 Å². The molecule has 1 aromatic carbocycles. The molecule has 1 atom stereocenters. The van der Waals surface area contributed by atoms with Gasteiger partial charge in [-0.25, -0.2) is 13.4 Å². The Kier molecular flexibility index (Phi) is 4.35. The minimum absolute atomic E-state index is 0.205. The third kappa shape index (κ3) is 3.26. The highest BCUT2D eigenvalue weighted by Crippen LogP contribution is 2.22. The lowest BCUT2D eigenvalue weighted by Gasteiger charge is -2.31. The summed E-state index contributed by atoms with van der Waals surface area (Å²) >= 11 is 0. The molecule has 0 aliphatic carbocycles. The molecule has 116 valence electrons. The molecule has 0 amide bonds. The van der Waals surface area contributed by atoms with Gasteiger partial charge in [0.05, 0.1) is 17.6 Å². The van der Waals surface area contributed by atoms with Gasteiger partial charge < -0.3 is 4.74 Å². The zero-order chi connectivity index (χ0) is 15.4. The Hall–Kier alpha value is -1.99. The summed E-state index contributed by atoms with van der Waals surface area (Å²) in [6.45, 7) is 0.839. The van der Waals surface area contributed by atoms with Gasteiger partial charge in [-0.1, -0.05) is 18.2 Å². The molecule has 0 saturated carbocycles. The summed E-state index contributed by atoms with van der Waals surface area (Å²) < 4.78 is 32.5. The lowest BCUT2D eigenvalue weighted by Crippen LogP contribution is -2.44. The molecule has 0 radical (unpaired) electrons. The molecule has 2 aromatic rings. The van der Waals surface area contributed by atoms with Gasteiger partial charge in [0, 0.05) is 18.9 Å². The highest BCUT2D eigenvalue weighted by atomic mass is 32.2. The van der Waals surface area contributed by atoms with E-state index in [1.54, 1.807) is 42.7 Å². The minimum atomic E-state index is -3.47. The largest absolute Gasteiger partial charge is 0.472 e. The summed E-state index contributed by atoms with van der Waals surface area (Å²) in [5.74, 6) is 0.423. The Bertz CT molecular complexity index is 707. The number of benzene rings is 1. The second-order valence-corrected chi connectivity index (χ2v) is 7.04. The van der Waals surface area contributed by atoms with Gasteiger partial charge in [0.25, 0.3) is 0 Å². The Balaban J connectivity index is 1.73. The van der Waals surface area contributed by atoms with Crippen LogP contribution in [-0.4, -0.2) is 41.9 Å². The minimum Gasteiger partial charge on any atom is -0.472 e. The van der Waals surface area contributed by atoms with E-state index in [4.69, 9.17) is 4.74 Å². The van der Waals surface area contributed by atoms with Gasteiger partial charge in [0.1, 0.15) is 6.10 Å². The molecular weight excluding hydrogens is 302 g/mol. The van der Waals surface area contributed by atoms with Crippen molar-refractivity contribution in [2.75, 3.05) is 13.1 Å². The summed E-state index contributed by atoms with van der Waals surface area (Å²) in [5.41, 5.74) is 0. The molecular formula is C15H17N3O3S. The molecule has 22 heavy (non-hydrogen) atoms. The van der Waals surface area contributed by atoms with E-state index in [2.05, 4.69) is 9.97 Å². The summed E-state index contributed by atoms with van der Waals surface area (Å²) in [4.78, 5) is 8.33. The van der Waals surface area contributed by atoms with Gasteiger partial charge in [0.15, 0.2) is 0 Å². The van der Waals surface area contributed by atoms with Gasteiger partial charge in [-0.3, -0.25) is 4.98 Å². The van der Waals surface area contributed by atoms with Crippen LogP contribution in [0.2, 0.25) is 0 Å². The maximum Gasteiger partial charge on any atom is 0.243 e. The number of ether oxygens (including phenoxy) is 1. The third-order valence-corrected chi connectivity index (χ3v) is 5.43. The smallest absolute Gasteiger partial charge is 0.243 e. The summed E-state index contributed by atoms with van der Waals surface area (Å²) in [7, 11) is -3.47. The van der Waals surface area contributed by atoms with Gasteiger partial charge in [-0.15, -0.1) is 0 Å². The number of nitrogens with zero attached hydrogens (tertiary/aromatic N) is 3. The van der Waals surface area contributed by atoms with Crippen molar-refractivity contribution in [1.29, 1.82) is 0 Å². The molecule has 3 rings (SSSR count). The van der Waals surface area contributed by atoms with Crippen LogP contribution < -0.4 is 4.74 Å². The molecule has 0 bridgehead atoms. The second-order valence-electron chi connectivity index (χ2n) is 5.10. The first-order chi connectivity index (χ1) is 10.7. The first kappa shape index (κ1) is 14.9. The number of piperidine rings is 1. The second kappa shape index (κ2) is 6.41. The molecule has 0 N–H and O–H groups in total. The lowest BCUT2D eigenvalue weighted by molar-refractivity contribution is 0.124. The molecule has 0 spiro atoms. The SMILES string of the molecule is O=S(=O)(c1ccccc1)N1CCCC(Oc2cnccn2)C1. The standard InChI is InChI=1S/C15H17N3O3S/c19-22(20,14-6-2-1-3-7-14)18-10-4-5-13(12-18)21-15-11-16-8-9-17-15/h1-3,6-9,11,13H,4-5,10,12H2. The van der Waals surface area contributed by atoms with Crippen LogP contribution in [0.15, 0.2) is 53.8 Å². The molecule has 7 heteroatoms. The molecule has 6 nitrogen and oxygen atoms in total. The number of sulfonamides is 1. The lowest BCUT2D eigenvalue weighted by atomic mass is 10.1. The van der Waals surface area contributed by atoms with Gasteiger partial charge in [-0.05, 0) is 25.0 Å². The van der Waals surface area contributed by atoms with Crippen molar-refractivity contribution < 1.29 is 13.2 Å². The Morgan fingerprint density at radius 3 is 2.73 bits per heavy atom. The van der Waals surface area contributed by atoms with Crippen molar-refractivity contribution in [2.24, 2.45) is 0 Å². The first-order valence-corrected chi connectivity index (χ1v) is 8.58. The fourth-order valence-electron chi connectivity index (χ4n) is 2.48. The number of aromatic nitrogens is 2. The topological polar surface area (TPSA) is 72.4 Å². The highest BCUT2D eigenvalue weighted by Gasteiger charge is 2.31. The molecule has 2 heterocycles. The summed E-state index contributed by atoms with van der Waals surface area (Å²) in [6.07, 6.45) is 6.01. The van der Waals surface area contributed by atoms with Crippen molar-refractivity contribution >= 4 is 10.0 Å². The zero-order valence-electron chi connectivity index (χ0n) is 12.0. The Labute approximate surface area is 129 Å². The van der Waals surface area contributed by atoms with Crippen LogP contribution in [0, 0.1) is 0 Å². The first-order valence-electron chi connectivity index (χ1n) is 7.14. The third-order valence-electron chi connectivity index (χ3n) is 3.55. The van der Waals surface area contributed by atoms with E-state index >= 15 is 0 Å². The van der Waals surface area contributed by atoms with Gasteiger partial charge in [0.2, 0.25) is 15.9 Å². The van der Waals surface area contributed by atoms with Crippen molar-refractivity contribution in [3.05, 3.63) is 48.9 Å². The fourth-order valence-corrected chi connectivity index (χ4v) is 4.01. The van der Waals surface area contributed by atoms with Crippen LogP contribution in [0.3, 0.4) is 0 Å². The Morgan fingerprint density at radius 1 is 1.18 bits per heavy atom. The average molecular weight is 319 g/mol. The van der Waals surface area contributed by atoms with Gasteiger partial charge >= 0.3 is 0 Å². The van der Waals surface area contributed by atoms with E-state index in [0.29, 0.717) is 23.9 Å². The maximum atomic E-state index is 12.6. The predicted molar refractivity (Wildman–Crippen MR) is 80.9 cm³/mol. The maximum absolute atomic E-state index is 12.6. The quantitative estimate of drug-likeness (QED) is 0.858. The van der Waals surface area contributed by atoms with Crippen LogP contribution in [0.25, 0.3) is 0 Å². The molecule has 1 aliphatic rings. The zero-order valence-corrected chi connectivity index (χ0v) is 12.8. The van der Waals surface area contributed by atoms with E-state index < -0.39 is 10.0 Å². The number of hydrogen-bond donors (Lipinski definition) is 0. The van der Waals surface area contributed by atoms with Crippen molar-refractivity contribution in [2.45, 2.75) is 23.8 Å². The highest BCUT2D eigenvalue weighted by molar-refractivity contribution is 7.89. The normalized spacial score (nSPS) is 19.7. The monoisotopic (exact) mass is 319 g/mol. The fraction of sp³-hybridized carbons (Fsp3) is 0.333. The van der Waals surface area contributed by atoms with E-state index in [1.165, 1.54) is 10.5 Å².